The van der Waals surface area contributed by atoms with Gasteiger partial charge in [0.2, 0.25) is 11.8 Å². The lowest BCUT2D eigenvalue weighted by Crippen LogP contribution is -2.50. The van der Waals surface area contributed by atoms with Gasteiger partial charge in [-0.15, -0.1) is 0 Å². The first-order chi connectivity index (χ1) is 14.9. The van der Waals surface area contributed by atoms with Gasteiger partial charge in [0, 0.05) is 12.6 Å². The lowest BCUT2D eigenvalue weighted by Gasteiger charge is -2.30. The van der Waals surface area contributed by atoms with Crippen LogP contribution in [0.25, 0.3) is 0 Å². The van der Waals surface area contributed by atoms with E-state index in [0.717, 1.165) is 53.7 Å². The largest absolute Gasteiger partial charge is 0.497 e. The lowest BCUT2D eigenvalue weighted by atomic mass is 10.0. The van der Waals surface area contributed by atoms with Gasteiger partial charge >= 0.3 is 0 Å². The molecular formula is C26H34N2O3. The Morgan fingerprint density at radius 2 is 1.74 bits per heavy atom. The quantitative estimate of drug-likeness (QED) is 0.689. The highest BCUT2D eigenvalue weighted by Crippen LogP contribution is 2.20. The molecule has 5 heteroatoms. The number of nitrogens with one attached hydrogen (secondary N) is 1. The lowest BCUT2D eigenvalue weighted by molar-refractivity contribution is -0.140. The van der Waals surface area contributed by atoms with Crippen LogP contribution in [0, 0.1) is 13.8 Å². The van der Waals surface area contributed by atoms with Crippen LogP contribution >= 0.6 is 0 Å². The summed E-state index contributed by atoms with van der Waals surface area (Å²) < 4.78 is 5.33. The first kappa shape index (κ1) is 22.9. The third-order valence-electron chi connectivity index (χ3n) is 5.99. The molecule has 2 aromatic rings. The number of aryl methyl sites for hydroxylation is 2. The maximum absolute atomic E-state index is 13.4. The monoisotopic (exact) mass is 422 g/mol. The van der Waals surface area contributed by atoms with E-state index >= 15 is 0 Å². The number of amides is 2. The van der Waals surface area contributed by atoms with Crippen LogP contribution in [0.3, 0.4) is 0 Å². The fourth-order valence-electron chi connectivity index (χ4n) is 4.39. The zero-order chi connectivity index (χ0) is 22.4. The maximum atomic E-state index is 13.4. The minimum atomic E-state index is -0.551. The van der Waals surface area contributed by atoms with Crippen LogP contribution in [0.2, 0.25) is 0 Å². The predicted octanol–water partition coefficient (Wildman–Crippen LogP) is 4.33. The minimum absolute atomic E-state index is 0.0538. The molecule has 2 aromatic carbocycles. The van der Waals surface area contributed by atoms with E-state index < -0.39 is 6.04 Å². The molecule has 0 saturated heterocycles. The predicted molar refractivity (Wildman–Crippen MR) is 123 cm³/mol. The van der Waals surface area contributed by atoms with Gasteiger partial charge in [0.1, 0.15) is 11.8 Å². The molecular weight excluding hydrogens is 388 g/mol. The summed E-state index contributed by atoms with van der Waals surface area (Å²) in [6.45, 7) is 6.25. The van der Waals surface area contributed by atoms with Crippen LogP contribution in [-0.4, -0.2) is 35.9 Å². The van der Waals surface area contributed by atoms with E-state index in [1.807, 2.05) is 57.2 Å². The second-order valence-corrected chi connectivity index (χ2v) is 8.71. The van der Waals surface area contributed by atoms with Crippen LogP contribution in [-0.2, 0) is 22.6 Å². The summed E-state index contributed by atoms with van der Waals surface area (Å²) in [5.74, 6) is 0.604. The molecule has 166 valence electrons. The fraction of sp³-hybridized carbons (Fsp3) is 0.462. The van der Waals surface area contributed by atoms with Crippen molar-refractivity contribution in [2.24, 2.45) is 0 Å². The fourth-order valence-corrected chi connectivity index (χ4v) is 4.39. The average molecular weight is 423 g/mol. The van der Waals surface area contributed by atoms with Crippen molar-refractivity contribution < 1.29 is 14.3 Å². The summed E-state index contributed by atoms with van der Waals surface area (Å²) in [5.41, 5.74) is 4.18. The molecule has 1 aliphatic rings. The van der Waals surface area contributed by atoms with Crippen molar-refractivity contribution in [1.82, 2.24) is 10.2 Å². The van der Waals surface area contributed by atoms with Crippen molar-refractivity contribution in [3.05, 3.63) is 64.7 Å². The highest BCUT2D eigenvalue weighted by atomic mass is 16.5. The first-order valence-electron chi connectivity index (χ1n) is 11.2. The minimum Gasteiger partial charge on any atom is -0.497 e. The summed E-state index contributed by atoms with van der Waals surface area (Å²) in [5, 5.41) is 3.15. The smallest absolute Gasteiger partial charge is 0.242 e. The average Bonchev–Trinajstić information content (AvgIpc) is 3.23. The van der Waals surface area contributed by atoms with Crippen molar-refractivity contribution in [3.63, 3.8) is 0 Å². The first-order valence-corrected chi connectivity index (χ1v) is 11.2. The highest BCUT2D eigenvalue weighted by molar-refractivity contribution is 5.88. The summed E-state index contributed by atoms with van der Waals surface area (Å²) in [6.07, 6.45) is 4.61. The number of ether oxygens (including phenoxy) is 1. The van der Waals surface area contributed by atoms with Gasteiger partial charge in [-0.3, -0.25) is 9.59 Å². The molecule has 5 nitrogen and oxygen atoms in total. The third kappa shape index (κ3) is 6.33. The molecule has 2 amide bonds. The summed E-state index contributed by atoms with van der Waals surface area (Å²) in [4.78, 5) is 28.1. The molecule has 1 fully saturated rings. The van der Waals surface area contributed by atoms with Gasteiger partial charge in [0.25, 0.3) is 0 Å². The SMILES string of the molecule is COc1cccc(CN(C(=O)Cc2cc(C)cc(C)c2)[C@H](C)C(=O)NC2CCCC2)c1. The normalized spacial score (nSPS) is 14.8. The van der Waals surface area contributed by atoms with Gasteiger partial charge in [-0.1, -0.05) is 54.3 Å². The Hall–Kier alpha value is -2.82. The zero-order valence-electron chi connectivity index (χ0n) is 19.1. The topological polar surface area (TPSA) is 58.6 Å². The van der Waals surface area contributed by atoms with Crippen molar-refractivity contribution in [1.29, 1.82) is 0 Å². The Balaban J connectivity index is 1.80. The standard InChI is InChI=1S/C26H34N2O3/c1-18-12-19(2)14-22(13-18)16-25(29)28(17-21-8-7-11-24(15-21)31-4)20(3)26(30)27-23-9-5-6-10-23/h7-8,11-15,20,23H,5-6,9-10,16-17H2,1-4H3,(H,27,30)/t20-/m1/s1. The number of hydrogen-bond donors (Lipinski definition) is 1. The second kappa shape index (κ2) is 10.5. The van der Waals surface area contributed by atoms with E-state index in [1.165, 1.54) is 0 Å². The van der Waals surface area contributed by atoms with Crippen molar-refractivity contribution >= 4 is 11.8 Å². The van der Waals surface area contributed by atoms with Gasteiger partial charge in [-0.25, -0.2) is 0 Å². The van der Waals surface area contributed by atoms with Gasteiger partial charge in [0.05, 0.1) is 13.5 Å². The maximum Gasteiger partial charge on any atom is 0.242 e. The van der Waals surface area contributed by atoms with Crippen LogP contribution < -0.4 is 10.1 Å². The molecule has 3 rings (SSSR count). The molecule has 0 aliphatic heterocycles. The molecule has 0 bridgehead atoms. The Labute approximate surface area is 185 Å². The second-order valence-electron chi connectivity index (χ2n) is 8.71. The Morgan fingerprint density at radius 3 is 2.39 bits per heavy atom. The molecule has 1 saturated carbocycles. The van der Waals surface area contributed by atoms with E-state index in [-0.39, 0.29) is 24.3 Å². The number of nitrogens with zero attached hydrogens (tertiary/aromatic N) is 1. The number of carbonyl (C=O) groups is 2. The Kier molecular flexibility index (Phi) is 7.72. The number of benzene rings is 2. The highest BCUT2D eigenvalue weighted by Gasteiger charge is 2.28. The van der Waals surface area contributed by atoms with Crippen molar-refractivity contribution in [2.75, 3.05) is 7.11 Å². The number of methoxy groups -OCH3 is 1. The van der Waals surface area contributed by atoms with Gasteiger partial charge in [-0.2, -0.15) is 0 Å². The summed E-state index contributed by atoms with van der Waals surface area (Å²) in [7, 11) is 1.62. The molecule has 1 atom stereocenters. The Bertz CT molecular complexity index is 898. The van der Waals surface area contributed by atoms with Gasteiger partial charge in [-0.05, 0) is 56.9 Å². The van der Waals surface area contributed by atoms with E-state index in [2.05, 4.69) is 11.4 Å². The molecule has 0 heterocycles. The summed E-state index contributed by atoms with van der Waals surface area (Å²) in [6, 6.07) is 13.5. The van der Waals surface area contributed by atoms with Gasteiger partial charge in [0.15, 0.2) is 0 Å². The van der Waals surface area contributed by atoms with Crippen LogP contribution in [0.5, 0.6) is 5.75 Å². The zero-order valence-corrected chi connectivity index (χ0v) is 19.1. The molecule has 0 aromatic heterocycles. The van der Waals surface area contributed by atoms with E-state index in [0.29, 0.717) is 6.54 Å². The molecule has 0 spiro atoms. The summed E-state index contributed by atoms with van der Waals surface area (Å²) >= 11 is 0. The van der Waals surface area contributed by atoms with Crippen LogP contribution in [0.1, 0.15) is 54.9 Å². The number of rotatable bonds is 8. The van der Waals surface area contributed by atoms with Crippen molar-refractivity contribution in [3.8, 4) is 5.75 Å². The van der Waals surface area contributed by atoms with E-state index in [4.69, 9.17) is 4.74 Å². The Morgan fingerprint density at radius 1 is 1.06 bits per heavy atom. The van der Waals surface area contributed by atoms with Crippen molar-refractivity contribution in [2.45, 2.75) is 71.5 Å². The number of hydrogen-bond acceptors (Lipinski definition) is 3. The van der Waals surface area contributed by atoms with E-state index in [9.17, 15) is 9.59 Å². The van der Waals surface area contributed by atoms with Gasteiger partial charge < -0.3 is 15.0 Å². The molecule has 0 radical (unpaired) electrons. The third-order valence-corrected chi connectivity index (χ3v) is 5.99. The van der Waals surface area contributed by atoms with Crippen LogP contribution in [0.4, 0.5) is 0 Å². The molecule has 1 N–H and O–H groups in total. The van der Waals surface area contributed by atoms with E-state index in [1.54, 1.807) is 12.0 Å². The molecule has 31 heavy (non-hydrogen) atoms. The molecule has 0 unspecified atom stereocenters. The van der Waals surface area contributed by atoms with Crippen LogP contribution in [0.15, 0.2) is 42.5 Å². The number of carbonyl (C=O) groups excluding carboxylic acids is 2. The molecule has 1 aliphatic carbocycles.